The third-order valence-corrected chi connectivity index (χ3v) is 15.1. The molecule has 2 aliphatic rings. The third kappa shape index (κ3) is 28.8. The van der Waals surface area contributed by atoms with Crippen molar-refractivity contribution in [3.05, 3.63) is 95.3 Å². The Morgan fingerprint density at radius 3 is 1.81 bits per heavy atom. The van der Waals surface area contributed by atoms with Crippen LogP contribution in [0.5, 0.6) is 11.5 Å². The summed E-state index contributed by atoms with van der Waals surface area (Å²) in [5, 5.41) is 25.0. The number of ether oxygens (including phenoxy) is 10. The third-order valence-electron chi connectivity index (χ3n) is 15.1. The number of hydrogen-bond acceptors (Lipinski definition) is 18. The van der Waals surface area contributed by atoms with Gasteiger partial charge in [0.2, 0.25) is 17.6 Å². The van der Waals surface area contributed by atoms with E-state index in [1.807, 2.05) is 54.6 Å². The van der Waals surface area contributed by atoms with Crippen LogP contribution in [-0.4, -0.2) is 195 Å². The van der Waals surface area contributed by atoms with Crippen molar-refractivity contribution >= 4 is 35.5 Å². The fraction of sp³-hybridized carbons (Fsp3) is 0.625. The first-order chi connectivity index (χ1) is 43.0. The number of rotatable bonds is 45. The first-order valence-electron chi connectivity index (χ1n) is 30.9. The number of alkyl halides is 2. The van der Waals surface area contributed by atoms with Gasteiger partial charge in [0.15, 0.2) is 11.6 Å². The van der Waals surface area contributed by atoms with Gasteiger partial charge in [-0.25, -0.2) is 22.0 Å². The summed E-state index contributed by atoms with van der Waals surface area (Å²) in [6.45, 7) is 13.3. The van der Waals surface area contributed by atoms with Crippen molar-refractivity contribution in [2.24, 2.45) is 21.9 Å². The van der Waals surface area contributed by atoms with Gasteiger partial charge in [-0.3, -0.25) is 30.3 Å². The molecular weight excluding hydrogens is 1170 g/mol. The number of carbonyl (C=O) groups is 2. The van der Waals surface area contributed by atoms with E-state index in [-0.39, 0.29) is 87.6 Å². The summed E-state index contributed by atoms with van der Waals surface area (Å²) in [4.78, 5) is 33.8. The molecule has 20 nitrogen and oxygen atoms in total. The summed E-state index contributed by atoms with van der Waals surface area (Å²) in [5.41, 5.74) is 2.35. The zero-order chi connectivity index (χ0) is 64.1. The lowest BCUT2D eigenvalue weighted by atomic mass is 9.86. The highest BCUT2D eigenvalue weighted by Gasteiger charge is 2.39. The molecule has 5 rings (SSSR count). The lowest BCUT2D eigenvalue weighted by Crippen LogP contribution is -2.46. The molecule has 0 radical (unpaired) electrons. The second-order valence-corrected chi connectivity index (χ2v) is 21.9. The zero-order valence-electron chi connectivity index (χ0n) is 51.9. The van der Waals surface area contributed by atoms with Gasteiger partial charge in [0, 0.05) is 67.3 Å². The van der Waals surface area contributed by atoms with Crippen LogP contribution in [0.3, 0.4) is 0 Å². The van der Waals surface area contributed by atoms with Crippen LogP contribution < -0.4 is 20.6 Å². The van der Waals surface area contributed by atoms with E-state index in [1.54, 1.807) is 18.0 Å². The number of carbonyl (C=O) groups excluding carboxylic acids is 2. The predicted octanol–water partition coefficient (Wildman–Crippen LogP) is 9.50. The number of likely N-dealkylation sites (tertiary alicyclic amines) is 1. The van der Waals surface area contributed by atoms with E-state index in [0.717, 1.165) is 44.2 Å². The SMILES string of the molecule is CC(=N)N(C(=N)c1ccc(OCCCC/C(C=NCCOCCOCCOCCOCCOCCOCCOCCOCCC(=O)Oc2c(F)cc(F)cc2F)=N/N)cc1)C(C)CC1CCC(C)N1CCC(NC(=O)C1CCC(F)(F)CC1)c1ccccc1. The van der Waals surface area contributed by atoms with Crippen LogP contribution in [0.25, 0.3) is 0 Å². The van der Waals surface area contributed by atoms with Crippen LogP contribution in [-0.2, 0) is 47.5 Å². The number of nitrogens with zero attached hydrogens (tertiary/aromatic N) is 4. The number of hydrogen-bond donors (Lipinski definition) is 4. The molecule has 25 heteroatoms. The van der Waals surface area contributed by atoms with Crippen LogP contribution in [0.1, 0.15) is 115 Å². The minimum atomic E-state index is -2.70. The van der Waals surface area contributed by atoms with Gasteiger partial charge in [0.25, 0.3) is 0 Å². The van der Waals surface area contributed by atoms with E-state index >= 15 is 0 Å². The van der Waals surface area contributed by atoms with Gasteiger partial charge in [0.1, 0.15) is 17.4 Å². The Morgan fingerprint density at radius 2 is 1.27 bits per heavy atom. The first kappa shape index (κ1) is 73.7. The minimum Gasteiger partial charge on any atom is -0.494 e. The maximum Gasteiger partial charge on any atom is 0.313 e. The molecule has 496 valence electrons. The molecule has 1 aliphatic heterocycles. The molecule has 0 spiro atoms. The Bertz CT molecular complexity index is 2560. The van der Waals surface area contributed by atoms with Gasteiger partial charge in [0.05, 0.1) is 143 Å². The van der Waals surface area contributed by atoms with Gasteiger partial charge in [-0.2, -0.15) is 5.10 Å². The van der Waals surface area contributed by atoms with Crippen molar-refractivity contribution in [3.63, 3.8) is 0 Å². The number of halogens is 5. The van der Waals surface area contributed by atoms with E-state index in [0.29, 0.717) is 147 Å². The van der Waals surface area contributed by atoms with Crippen LogP contribution >= 0.6 is 0 Å². The first-order valence-corrected chi connectivity index (χ1v) is 30.9. The summed E-state index contributed by atoms with van der Waals surface area (Å²) in [6.07, 6.45) is 6.90. The van der Waals surface area contributed by atoms with Gasteiger partial charge >= 0.3 is 5.97 Å². The highest BCUT2D eigenvalue weighted by atomic mass is 19.3. The fourth-order valence-electron chi connectivity index (χ4n) is 10.4. The molecule has 1 saturated heterocycles. The van der Waals surface area contributed by atoms with Crippen LogP contribution in [0, 0.1) is 34.2 Å². The number of amidine groups is 2. The molecule has 0 bridgehead atoms. The van der Waals surface area contributed by atoms with Crippen molar-refractivity contribution in [1.82, 2.24) is 15.1 Å². The normalized spacial score (nSPS) is 17.0. The van der Waals surface area contributed by atoms with Crippen LogP contribution in [0.4, 0.5) is 22.0 Å². The van der Waals surface area contributed by atoms with Gasteiger partial charge in [-0.1, -0.05) is 30.3 Å². The molecule has 1 aliphatic carbocycles. The second kappa shape index (κ2) is 42.1. The minimum absolute atomic E-state index is 0.0509. The van der Waals surface area contributed by atoms with Crippen molar-refractivity contribution in [2.75, 3.05) is 125 Å². The van der Waals surface area contributed by atoms with E-state index < -0.39 is 41.0 Å². The van der Waals surface area contributed by atoms with E-state index in [4.69, 9.17) is 53.9 Å². The number of unbranched alkanes of at least 4 members (excludes halogenated alkanes) is 1. The number of esters is 1. The molecule has 0 aromatic heterocycles. The van der Waals surface area contributed by atoms with E-state index in [9.17, 15) is 37.0 Å². The smallest absolute Gasteiger partial charge is 0.313 e. The summed E-state index contributed by atoms with van der Waals surface area (Å²) >= 11 is 0. The molecular formula is C64H93F5N8O12. The molecule has 5 N–H and O–H groups in total. The van der Waals surface area contributed by atoms with Gasteiger partial charge in [-0.15, -0.1) is 0 Å². The number of nitrogens with one attached hydrogen (secondary N) is 3. The Kier molecular flexibility index (Phi) is 34.9. The highest BCUT2D eigenvalue weighted by Crippen LogP contribution is 2.37. The van der Waals surface area contributed by atoms with Crippen molar-refractivity contribution in [2.45, 2.75) is 128 Å². The quantitative estimate of drug-likeness (QED) is 0.00602. The lowest BCUT2D eigenvalue weighted by Gasteiger charge is -2.36. The Hall–Kier alpha value is -6.03. The van der Waals surface area contributed by atoms with Crippen molar-refractivity contribution in [3.8, 4) is 11.5 Å². The summed E-state index contributed by atoms with van der Waals surface area (Å²) < 4.78 is 122. The number of benzene rings is 3. The monoisotopic (exact) mass is 1260 g/mol. The molecule has 1 saturated carbocycles. The van der Waals surface area contributed by atoms with E-state index in [1.165, 1.54) is 0 Å². The number of aliphatic imine (C=N–C) groups is 1. The topological polar surface area (TPSA) is 243 Å². The molecule has 3 aromatic rings. The van der Waals surface area contributed by atoms with Crippen molar-refractivity contribution in [1.29, 1.82) is 10.8 Å². The van der Waals surface area contributed by atoms with Crippen LogP contribution in [0.15, 0.2) is 76.8 Å². The standard InChI is InChI=1S/C64H93F5N8O12/c1-47-12-15-55(76(47)25-20-59(50-9-5-4-6-10-50)74-63(79)52-18-22-64(68,69)23-19-52)43-48(2)77(49(3)70)62(71)51-13-16-56(17-14-51)88-26-8-7-11-54(75-72)46-73-24-28-81-30-32-83-34-36-85-38-40-87-42-41-86-39-37-84-35-33-82-31-29-80-27-21-60(78)89-61-57(66)44-53(65)45-58(61)67/h4-6,9-10,13-14,16-17,44-48,52,55,59,70-71H,7-8,11-12,15,18-43,72H2,1-3H3,(H,74,79)/b70-49?,71-62?,73-46?,75-54-. The second-order valence-electron chi connectivity index (χ2n) is 21.9. The molecule has 89 heavy (non-hydrogen) atoms. The van der Waals surface area contributed by atoms with E-state index in [2.05, 4.69) is 38.9 Å². The average Bonchev–Trinajstić information content (AvgIpc) is 4.09. The Labute approximate surface area is 520 Å². The predicted molar refractivity (Wildman–Crippen MR) is 328 cm³/mol. The van der Waals surface area contributed by atoms with Crippen LogP contribution in [0.2, 0.25) is 0 Å². The Morgan fingerprint density at radius 1 is 0.730 bits per heavy atom. The molecule has 2 fully saturated rings. The molecule has 1 heterocycles. The number of hydrazone groups is 1. The maximum absolute atomic E-state index is 13.9. The fourth-order valence-corrected chi connectivity index (χ4v) is 10.4. The maximum atomic E-state index is 13.9. The molecule has 1 amide bonds. The summed E-state index contributed by atoms with van der Waals surface area (Å²) in [7, 11) is 0. The molecule has 4 unspecified atom stereocenters. The highest BCUT2D eigenvalue weighted by molar-refractivity contribution is 6.30. The zero-order valence-corrected chi connectivity index (χ0v) is 51.9. The number of nitrogens with two attached hydrogens (primary N) is 1. The van der Waals surface area contributed by atoms with Gasteiger partial charge in [-0.05, 0) is 108 Å². The van der Waals surface area contributed by atoms with Crippen molar-refractivity contribution < 1.29 is 78.9 Å². The summed E-state index contributed by atoms with van der Waals surface area (Å²) in [5.74, 6) is -2.02. The molecule has 3 aromatic carbocycles. The molecule has 4 atom stereocenters. The summed E-state index contributed by atoms with van der Waals surface area (Å²) in [6, 6.07) is 18.3. The largest absolute Gasteiger partial charge is 0.494 e. The Balaban J connectivity index is 0.811. The lowest BCUT2D eigenvalue weighted by molar-refractivity contribution is -0.136. The number of amides is 1. The average molecular weight is 1260 g/mol. The van der Waals surface area contributed by atoms with Gasteiger partial charge < -0.3 is 63.4 Å².